The van der Waals surface area contributed by atoms with Crippen LogP contribution < -0.4 is 10.6 Å². The smallest absolute Gasteiger partial charge is 0.191 e. The van der Waals surface area contributed by atoms with Crippen LogP contribution in [0, 0.1) is 5.41 Å². The standard InChI is InChI=1S/C22H44N4O2/c1-7-23-20(25-17-22(12-13-27-6)10-8-9-11-22)24-16-21(4,5)26-14-18(2)28-19(3)15-26/h18-19H,7-17H2,1-6H3,(H2,23,24,25). The van der Waals surface area contributed by atoms with E-state index in [2.05, 4.69) is 50.2 Å². The molecule has 2 N–H and O–H groups in total. The lowest BCUT2D eigenvalue weighted by molar-refractivity contribution is -0.0939. The Hall–Kier alpha value is -0.850. The van der Waals surface area contributed by atoms with Gasteiger partial charge in [0.25, 0.3) is 0 Å². The largest absolute Gasteiger partial charge is 0.385 e. The highest BCUT2D eigenvalue weighted by Gasteiger charge is 2.35. The number of hydrogen-bond acceptors (Lipinski definition) is 4. The Morgan fingerprint density at radius 3 is 2.39 bits per heavy atom. The van der Waals surface area contributed by atoms with Crippen molar-refractivity contribution in [2.24, 2.45) is 10.4 Å². The molecule has 0 radical (unpaired) electrons. The van der Waals surface area contributed by atoms with Crippen LogP contribution in [0.5, 0.6) is 0 Å². The molecule has 6 heteroatoms. The summed E-state index contributed by atoms with van der Waals surface area (Å²) >= 11 is 0. The average Bonchev–Trinajstić information content (AvgIpc) is 3.11. The molecule has 0 aromatic carbocycles. The molecular formula is C22H44N4O2. The van der Waals surface area contributed by atoms with Gasteiger partial charge in [0.1, 0.15) is 0 Å². The number of nitrogens with zero attached hydrogens (tertiary/aromatic N) is 2. The molecule has 2 fully saturated rings. The Balaban J connectivity index is 1.96. The molecule has 0 amide bonds. The van der Waals surface area contributed by atoms with Crippen LogP contribution in [0.25, 0.3) is 0 Å². The summed E-state index contributed by atoms with van der Waals surface area (Å²) in [5.74, 6) is 0.939. The van der Waals surface area contributed by atoms with E-state index in [0.717, 1.165) is 51.7 Å². The predicted octanol–water partition coefficient (Wildman–Crippen LogP) is 3.03. The van der Waals surface area contributed by atoms with Crippen LogP contribution >= 0.6 is 0 Å². The van der Waals surface area contributed by atoms with E-state index in [0.29, 0.717) is 5.41 Å². The molecule has 2 aliphatic rings. The molecule has 1 saturated carbocycles. The first kappa shape index (κ1) is 23.4. The third kappa shape index (κ3) is 6.89. The van der Waals surface area contributed by atoms with Crippen molar-refractivity contribution in [1.82, 2.24) is 15.5 Å². The van der Waals surface area contributed by atoms with Gasteiger partial charge in [0.15, 0.2) is 5.96 Å². The second-order valence-corrected chi connectivity index (χ2v) is 9.47. The van der Waals surface area contributed by atoms with E-state index in [4.69, 9.17) is 14.5 Å². The number of nitrogens with one attached hydrogen (secondary N) is 2. The molecule has 6 nitrogen and oxygen atoms in total. The van der Waals surface area contributed by atoms with E-state index in [1.54, 1.807) is 7.11 Å². The third-order valence-electron chi connectivity index (χ3n) is 6.38. The first-order valence-corrected chi connectivity index (χ1v) is 11.2. The van der Waals surface area contributed by atoms with Crippen LogP contribution in [0.2, 0.25) is 0 Å². The topological polar surface area (TPSA) is 58.1 Å². The van der Waals surface area contributed by atoms with E-state index in [9.17, 15) is 0 Å². The van der Waals surface area contributed by atoms with Gasteiger partial charge in [-0.05, 0) is 59.3 Å². The Kier molecular flexibility index (Phi) is 9.03. The second-order valence-electron chi connectivity index (χ2n) is 9.47. The molecule has 1 saturated heterocycles. The van der Waals surface area contributed by atoms with Gasteiger partial charge in [-0.25, -0.2) is 0 Å². The number of aliphatic imine (C=N–C) groups is 1. The van der Waals surface area contributed by atoms with Gasteiger partial charge in [0.05, 0.1) is 18.8 Å². The number of ether oxygens (including phenoxy) is 2. The maximum Gasteiger partial charge on any atom is 0.191 e. The van der Waals surface area contributed by atoms with Crippen molar-refractivity contribution < 1.29 is 9.47 Å². The number of rotatable bonds is 9. The Morgan fingerprint density at radius 2 is 1.82 bits per heavy atom. The van der Waals surface area contributed by atoms with E-state index in [1.807, 2.05) is 0 Å². The lowest BCUT2D eigenvalue weighted by Crippen LogP contribution is -2.56. The summed E-state index contributed by atoms with van der Waals surface area (Å²) in [6.45, 7) is 16.4. The van der Waals surface area contributed by atoms with Crippen LogP contribution in [0.1, 0.15) is 66.7 Å². The van der Waals surface area contributed by atoms with Crippen molar-refractivity contribution in [3.05, 3.63) is 0 Å². The summed E-state index contributed by atoms with van der Waals surface area (Å²) in [5.41, 5.74) is 0.368. The van der Waals surface area contributed by atoms with Gasteiger partial charge < -0.3 is 20.1 Å². The average molecular weight is 397 g/mol. The molecule has 2 rings (SSSR count). The minimum atomic E-state index is 0.00967. The molecule has 1 aliphatic carbocycles. The van der Waals surface area contributed by atoms with E-state index in [1.165, 1.54) is 25.7 Å². The maximum atomic E-state index is 5.90. The summed E-state index contributed by atoms with van der Waals surface area (Å²) in [5, 5.41) is 7.08. The lowest BCUT2D eigenvalue weighted by atomic mass is 9.83. The zero-order valence-electron chi connectivity index (χ0n) is 19.1. The maximum absolute atomic E-state index is 5.90. The zero-order chi connectivity index (χ0) is 20.6. The van der Waals surface area contributed by atoms with Crippen LogP contribution in [0.15, 0.2) is 4.99 Å². The summed E-state index contributed by atoms with van der Waals surface area (Å²) in [6, 6.07) is 0. The zero-order valence-corrected chi connectivity index (χ0v) is 19.1. The second kappa shape index (κ2) is 10.8. The van der Waals surface area contributed by atoms with Gasteiger partial charge >= 0.3 is 0 Å². The summed E-state index contributed by atoms with van der Waals surface area (Å²) in [6.07, 6.45) is 6.93. The number of morpholine rings is 1. The quantitative estimate of drug-likeness (QED) is 0.463. The molecular weight excluding hydrogens is 352 g/mol. The predicted molar refractivity (Wildman–Crippen MR) is 117 cm³/mol. The monoisotopic (exact) mass is 396 g/mol. The fourth-order valence-electron chi connectivity index (χ4n) is 4.62. The number of hydrogen-bond donors (Lipinski definition) is 2. The first-order valence-electron chi connectivity index (χ1n) is 11.2. The van der Waals surface area contributed by atoms with Gasteiger partial charge in [-0.3, -0.25) is 9.89 Å². The Morgan fingerprint density at radius 1 is 1.18 bits per heavy atom. The number of guanidine groups is 1. The molecule has 1 aliphatic heterocycles. The van der Waals surface area contributed by atoms with Crippen LogP contribution in [0.3, 0.4) is 0 Å². The summed E-state index contributed by atoms with van der Waals surface area (Å²) in [7, 11) is 1.80. The Bertz CT molecular complexity index is 479. The highest BCUT2D eigenvalue weighted by Crippen LogP contribution is 2.40. The fourth-order valence-corrected chi connectivity index (χ4v) is 4.62. The minimum Gasteiger partial charge on any atom is -0.385 e. The van der Waals surface area contributed by atoms with Gasteiger partial charge in [-0.2, -0.15) is 0 Å². The molecule has 2 unspecified atom stereocenters. The molecule has 0 spiro atoms. The summed E-state index contributed by atoms with van der Waals surface area (Å²) < 4.78 is 11.3. The Labute approximate surface area is 172 Å². The van der Waals surface area contributed by atoms with Crippen molar-refractivity contribution in [3.63, 3.8) is 0 Å². The first-order chi connectivity index (χ1) is 13.3. The fraction of sp³-hybridized carbons (Fsp3) is 0.955. The third-order valence-corrected chi connectivity index (χ3v) is 6.38. The lowest BCUT2D eigenvalue weighted by Gasteiger charge is -2.44. The molecule has 164 valence electrons. The molecule has 2 atom stereocenters. The van der Waals surface area contributed by atoms with Gasteiger partial charge in [0, 0.05) is 45.4 Å². The van der Waals surface area contributed by atoms with Gasteiger partial charge in [-0.15, -0.1) is 0 Å². The van der Waals surface area contributed by atoms with Crippen molar-refractivity contribution in [3.8, 4) is 0 Å². The highest BCUT2D eigenvalue weighted by molar-refractivity contribution is 5.79. The van der Waals surface area contributed by atoms with E-state index in [-0.39, 0.29) is 17.7 Å². The SMILES string of the molecule is CCNC(=NCC(C)(C)N1CC(C)OC(C)C1)NCC1(CCOC)CCCC1. The van der Waals surface area contributed by atoms with E-state index >= 15 is 0 Å². The normalized spacial score (nSPS) is 26.4. The molecule has 1 heterocycles. The van der Waals surface area contributed by atoms with Crippen molar-refractivity contribution >= 4 is 5.96 Å². The van der Waals surface area contributed by atoms with Crippen LogP contribution in [-0.4, -0.2) is 75.0 Å². The molecule has 0 bridgehead atoms. The number of methoxy groups -OCH3 is 1. The van der Waals surface area contributed by atoms with Crippen molar-refractivity contribution in [2.75, 3.05) is 46.4 Å². The summed E-state index contributed by atoms with van der Waals surface area (Å²) in [4.78, 5) is 7.49. The van der Waals surface area contributed by atoms with Crippen molar-refractivity contribution in [1.29, 1.82) is 0 Å². The van der Waals surface area contributed by atoms with E-state index < -0.39 is 0 Å². The van der Waals surface area contributed by atoms with Crippen molar-refractivity contribution in [2.45, 2.75) is 84.5 Å². The molecule has 0 aromatic heterocycles. The minimum absolute atomic E-state index is 0.00967. The van der Waals surface area contributed by atoms with Gasteiger partial charge in [-0.1, -0.05) is 12.8 Å². The van der Waals surface area contributed by atoms with Crippen LogP contribution in [-0.2, 0) is 9.47 Å². The molecule has 28 heavy (non-hydrogen) atoms. The molecule has 0 aromatic rings. The van der Waals surface area contributed by atoms with Gasteiger partial charge in [0.2, 0.25) is 0 Å². The highest BCUT2D eigenvalue weighted by atomic mass is 16.5. The van der Waals surface area contributed by atoms with Crippen LogP contribution in [0.4, 0.5) is 0 Å².